The summed E-state index contributed by atoms with van der Waals surface area (Å²) in [5.41, 5.74) is 18.4. The molecule has 0 saturated heterocycles. The molecule has 0 aromatic heterocycles. The Morgan fingerprint density at radius 3 is 1.38 bits per heavy atom. The van der Waals surface area contributed by atoms with Gasteiger partial charge in [0.15, 0.2) is 0 Å². The minimum Gasteiger partial charge on any atom is -0.328 e. The van der Waals surface area contributed by atoms with Crippen LogP contribution in [0.3, 0.4) is 0 Å². The van der Waals surface area contributed by atoms with Crippen LogP contribution in [0.1, 0.15) is 98.3 Å². The summed E-state index contributed by atoms with van der Waals surface area (Å²) in [6, 6.07) is 1.44. The van der Waals surface area contributed by atoms with Gasteiger partial charge >= 0.3 is 0 Å². The number of hydrogen-bond acceptors (Lipinski definition) is 3. The Hall–Kier alpha value is -0.120. The fourth-order valence-corrected chi connectivity index (χ4v) is 5.75. The van der Waals surface area contributed by atoms with Gasteiger partial charge in [-0.15, -0.1) is 0 Å². The van der Waals surface area contributed by atoms with E-state index in [9.17, 15) is 0 Å². The van der Waals surface area contributed by atoms with Gasteiger partial charge in [-0.1, -0.05) is 27.7 Å². The third-order valence-electron chi connectivity index (χ3n) is 8.15. The molecule has 0 aliphatic heterocycles. The molecule has 3 aliphatic rings. The van der Waals surface area contributed by atoms with Crippen LogP contribution < -0.4 is 17.2 Å². The van der Waals surface area contributed by atoms with Gasteiger partial charge in [0.1, 0.15) is 0 Å². The summed E-state index contributed by atoms with van der Waals surface area (Å²) in [5, 5.41) is 0. The molecule has 0 radical (unpaired) electrons. The molecule has 3 saturated carbocycles. The molecule has 3 unspecified atom stereocenters. The summed E-state index contributed by atoms with van der Waals surface area (Å²) in [5.74, 6) is 3.46. The summed E-state index contributed by atoms with van der Waals surface area (Å²) < 4.78 is 0. The molecule has 26 heavy (non-hydrogen) atoms. The Morgan fingerprint density at radius 1 is 0.615 bits per heavy atom. The summed E-state index contributed by atoms with van der Waals surface area (Å²) in [6.45, 7) is 9.58. The van der Waals surface area contributed by atoms with E-state index in [-0.39, 0.29) is 0 Å². The number of nitrogens with two attached hydrogens (primary N) is 3. The fourth-order valence-electron chi connectivity index (χ4n) is 5.75. The zero-order valence-corrected chi connectivity index (χ0v) is 18.1. The second-order valence-electron chi connectivity index (χ2n) is 10.6. The first kappa shape index (κ1) is 22.2. The van der Waals surface area contributed by atoms with Gasteiger partial charge in [0.25, 0.3) is 0 Å². The van der Waals surface area contributed by atoms with E-state index >= 15 is 0 Å². The predicted octanol–water partition coefficient (Wildman–Crippen LogP) is 4.82. The first-order valence-corrected chi connectivity index (χ1v) is 11.5. The first-order chi connectivity index (χ1) is 12.2. The lowest BCUT2D eigenvalue weighted by Gasteiger charge is -2.46. The summed E-state index contributed by atoms with van der Waals surface area (Å²) >= 11 is 0. The lowest BCUT2D eigenvalue weighted by atomic mass is 9.60. The maximum absolute atomic E-state index is 6.02. The van der Waals surface area contributed by atoms with E-state index in [0.717, 1.165) is 23.7 Å². The Bertz CT molecular complexity index is 368. The van der Waals surface area contributed by atoms with Gasteiger partial charge in [-0.2, -0.15) is 0 Å². The van der Waals surface area contributed by atoms with Gasteiger partial charge < -0.3 is 17.2 Å². The third kappa shape index (κ3) is 6.21. The van der Waals surface area contributed by atoms with Crippen LogP contribution in [0.4, 0.5) is 0 Å². The minimum absolute atomic E-state index is 0.474. The van der Waals surface area contributed by atoms with Gasteiger partial charge in [-0.3, -0.25) is 0 Å². The quantitative estimate of drug-likeness (QED) is 0.656. The van der Waals surface area contributed by atoms with E-state index in [2.05, 4.69) is 27.7 Å². The molecule has 0 aromatic rings. The molecule has 0 heterocycles. The van der Waals surface area contributed by atoms with Crippen LogP contribution in [0.15, 0.2) is 0 Å². The molecule has 3 fully saturated rings. The van der Waals surface area contributed by atoms with Crippen LogP contribution in [0.5, 0.6) is 0 Å². The average molecular weight is 366 g/mol. The van der Waals surface area contributed by atoms with E-state index in [4.69, 9.17) is 17.2 Å². The van der Waals surface area contributed by atoms with Crippen molar-refractivity contribution in [1.29, 1.82) is 0 Å². The Labute approximate surface area is 163 Å². The van der Waals surface area contributed by atoms with E-state index in [1.807, 2.05) is 0 Å². The average Bonchev–Trinajstić information content (AvgIpc) is 2.60. The molecule has 3 rings (SSSR count). The van der Waals surface area contributed by atoms with Crippen molar-refractivity contribution in [3.05, 3.63) is 0 Å². The molecule has 3 nitrogen and oxygen atoms in total. The fraction of sp³-hybridized carbons (Fsp3) is 1.00. The molecular weight excluding hydrogens is 318 g/mol. The van der Waals surface area contributed by atoms with E-state index in [1.165, 1.54) is 70.6 Å². The van der Waals surface area contributed by atoms with Crippen molar-refractivity contribution in [2.45, 2.75) is 116 Å². The highest BCUT2D eigenvalue weighted by molar-refractivity contribution is 4.91. The van der Waals surface area contributed by atoms with Crippen LogP contribution in [-0.2, 0) is 0 Å². The maximum atomic E-state index is 6.02. The molecular formula is C23H47N3. The van der Waals surface area contributed by atoms with Crippen molar-refractivity contribution in [3.8, 4) is 0 Å². The van der Waals surface area contributed by atoms with Crippen molar-refractivity contribution < 1.29 is 0 Å². The van der Waals surface area contributed by atoms with Crippen LogP contribution in [0.2, 0.25) is 0 Å². The molecule has 0 aromatic carbocycles. The van der Waals surface area contributed by atoms with Crippen LogP contribution >= 0.6 is 0 Å². The van der Waals surface area contributed by atoms with Crippen LogP contribution in [0, 0.1) is 29.1 Å². The van der Waals surface area contributed by atoms with E-state index in [1.54, 1.807) is 0 Å². The lowest BCUT2D eigenvalue weighted by molar-refractivity contribution is 0.0523. The Morgan fingerprint density at radius 2 is 1.04 bits per heavy atom. The van der Waals surface area contributed by atoms with Gasteiger partial charge in [-0.05, 0) is 99.7 Å². The highest BCUT2D eigenvalue weighted by Gasteiger charge is 2.39. The molecule has 3 heteroatoms. The molecule has 0 amide bonds. The van der Waals surface area contributed by atoms with E-state index < -0.39 is 0 Å². The van der Waals surface area contributed by atoms with Crippen molar-refractivity contribution in [1.82, 2.24) is 0 Å². The largest absolute Gasteiger partial charge is 0.328 e. The van der Waals surface area contributed by atoms with E-state index in [0.29, 0.717) is 23.5 Å². The van der Waals surface area contributed by atoms with Crippen LogP contribution in [0.25, 0.3) is 0 Å². The summed E-state index contributed by atoms with van der Waals surface area (Å²) in [7, 11) is 0. The Balaban J connectivity index is 0.000000228. The maximum Gasteiger partial charge on any atom is 0.00647 e. The molecule has 3 aliphatic carbocycles. The topological polar surface area (TPSA) is 78.1 Å². The number of hydrogen-bond donors (Lipinski definition) is 3. The Kier molecular flexibility index (Phi) is 8.43. The monoisotopic (exact) mass is 365 g/mol. The lowest BCUT2D eigenvalue weighted by Crippen LogP contribution is -2.40. The van der Waals surface area contributed by atoms with Crippen molar-refractivity contribution in [2.75, 3.05) is 0 Å². The smallest absolute Gasteiger partial charge is 0.00647 e. The van der Waals surface area contributed by atoms with Gasteiger partial charge in [0.05, 0.1) is 0 Å². The van der Waals surface area contributed by atoms with Gasteiger partial charge in [0.2, 0.25) is 0 Å². The zero-order chi connectivity index (χ0) is 19.3. The highest BCUT2D eigenvalue weighted by atomic mass is 14.7. The first-order valence-electron chi connectivity index (χ1n) is 11.5. The number of rotatable bonds is 2. The van der Waals surface area contributed by atoms with Crippen LogP contribution in [-0.4, -0.2) is 18.1 Å². The standard InChI is InChI=1S/C15H30N2.C8H17N/c1-15(2,11-3-7-13(16)8-4-11)12-5-9-14(17)10-6-12;1-6-3-4-8(9)7(2)5-6/h11-14H,3-10,16-17H2,1-2H3;6-8H,3-5,9H2,1-2H3. The van der Waals surface area contributed by atoms with Crippen molar-refractivity contribution in [2.24, 2.45) is 46.3 Å². The predicted molar refractivity (Wildman–Crippen MR) is 114 cm³/mol. The van der Waals surface area contributed by atoms with Gasteiger partial charge in [-0.25, -0.2) is 0 Å². The molecule has 0 bridgehead atoms. The zero-order valence-electron chi connectivity index (χ0n) is 18.1. The summed E-state index contributed by atoms with van der Waals surface area (Å²) in [4.78, 5) is 0. The van der Waals surface area contributed by atoms with Crippen molar-refractivity contribution >= 4 is 0 Å². The molecule has 6 N–H and O–H groups in total. The highest BCUT2D eigenvalue weighted by Crippen LogP contribution is 2.47. The second kappa shape index (κ2) is 9.89. The van der Waals surface area contributed by atoms with Crippen molar-refractivity contribution in [3.63, 3.8) is 0 Å². The minimum atomic E-state index is 0.474. The SMILES string of the molecule is CC(C)(C1CCC(N)CC1)C1CCC(N)CC1.CC1CCC(N)C(C)C1. The summed E-state index contributed by atoms with van der Waals surface area (Å²) in [6.07, 6.45) is 14.2. The normalized spacial score (nSPS) is 41.9. The molecule has 0 spiro atoms. The molecule has 3 atom stereocenters. The molecule has 154 valence electrons. The second-order valence-corrected chi connectivity index (χ2v) is 10.6. The van der Waals surface area contributed by atoms with Gasteiger partial charge in [0, 0.05) is 18.1 Å². The third-order valence-corrected chi connectivity index (χ3v) is 8.15.